The molecule has 13 heavy (non-hydrogen) atoms. The first-order valence-electron chi connectivity index (χ1n) is 3.66. The molecule has 1 N–H and O–H groups in total. The fourth-order valence-electron chi connectivity index (χ4n) is 1.21. The van der Waals surface area contributed by atoms with Crippen LogP contribution in [0.3, 0.4) is 0 Å². The zero-order valence-electron chi connectivity index (χ0n) is 6.54. The fraction of sp³-hybridized carbons (Fsp3) is 0. The highest BCUT2D eigenvalue weighted by molar-refractivity contribution is 5.84. The van der Waals surface area contributed by atoms with Crippen molar-refractivity contribution in [2.75, 3.05) is 0 Å². The molecule has 0 aliphatic rings. The lowest BCUT2D eigenvalue weighted by atomic mass is 10.2. The zero-order chi connectivity index (χ0) is 9.26. The van der Waals surface area contributed by atoms with Crippen LogP contribution in [0.2, 0.25) is 0 Å². The SMILES string of the molecule is O=C=Nc1cc2c(F)cccc2[nH]1. The maximum Gasteiger partial charge on any atom is 0.242 e. The predicted molar refractivity (Wildman–Crippen MR) is 46.0 cm³/mol. The van der Waals surface area contributed by atoms with Gasteiger partial charge in [0.25, 0.3) is 0 Å². The van der Waals surface area contributed by atoms with Crippen molar-refractivity contribution in [2.24, 2.45) is 4.99 Å². The minimum atomic E-state index is -0.332. The highest BCUT2D eigenvalue weighted by Gasteiger charge is 2.03. The lowest BCUT2D eigenvalue weighted by Crippen LogP contribution is -1.72. The average Bonchev–Trinajstić information content (AvgIpc) is 2.49. The van der Waals surface area contributed by atoms with Gasteiger partial charge in [0.2, 0.25) is 6.08 Å². The summed E-state index contributed by atoms with van der Waals surface area (Å²) in [7, 11) is 0. The standard InChI is InChI=1S/C9H5FN2O/c10-7-2-1-3-8-6(7)4-9(12-8)11-5-13/h1-4,12H. The highest BCUT2D eigenvalue weighted by Crippen LogP contribution is 2.22. The van der Waals surface area contributed by atoms with Gasteiger partial charge in [-0.1, -0.05) is 6.07 Å². The van der Waals surface area contributed by atoms with Crippen molar-refractivity contribution in [2.45, 2.75) is 0 Å². The maximum atomic E-state index is 13.1. The number of hydrogen-bond acceptors (Lipinski definition) is 2. The number of fused-ring (bicyclic) bond motifs is 1. The van der Waals surface area contributed by atoms with Gasteiger partial charge in [-0.3, -0.25) is 0 Å². The van der Waals surface area contributed by atoms with E-state index in [9.17, 15) is 9.18 Å². The summed E-state index contributed by atoms with van der Waals surface area (Å²) < 4.78 is 13.1. The molecule has 0 saturated heterocycles. The molecule has 64 valence electrons. The van der Waals surface area contributed by atoms with Gasteiger partial charge in [-0.25, -0.2) is 9.18 Å². The quantitative estimate of drug-likeness (QED) is 0.525. The van der Waals surface area contributed by atoms with Crippen LogP contribution in [-0.4, -0.2) is 11.1 Å². The van der Waals surface area contributed by atoms with Crippen molar-refractivity contribution in [1.82, 2.24) is 4.98 Å². The summed E-state index contributed by atoms with van der Waals surface area (Å²) in [4.78, 5) is 16.1. The number of rotatable bonds is 1. The molecule has 0 spiro atoms. The van der Waals surface area contributed by atoms with E-state index in [4.69, 9.17) is 0 Å². The first-order chi connectivity index (χ1) is 6.31. The van der Waals surface area contributed by atoms with E-state index in [1.807, 2.05) is 0 Å². The number of aliphatic imine (C=N–C) groups is 1. The molecule has 0 atom stereocenters. The summed E-state index contributed by atoms with van der Waals surface area (Å²) in [5.74, 6) is -0.0174. The van der Waals surface area contributed by atoms with E-state index in [0.29, 0.717) is 16.7 Å². The number of nitrogens with zero attached hydrogens (tertiary/aromatic N) is 1. The van der Waals surface area contributed by atoms with Crippen molar-refractivity contribution in [3.05, 3.63) is 30.1 Å². The van der Waals surface area contributed by atoms with E-state index in [1.165, 1.54) is 18.2 Å². The van der Waals surface area contributed by atoms with Gasteiger partial charge in [0.05, 0.1) is 5.52 Å². The number of aromatic amines is 1. The van der Waals surface area contributed by atoms with Crippen molar-refractivity contribution >= 4 is 22.8 Å². The second kappa shape index (κ2) is 2.84. The van der Waals surface area contributed by atoms with Crippen molar-refractivity contribution in [3.8, 4) is 0 Å². The summed E-state index contributed by atoms with van der Waals surface area (Å²) >= 11 is 0. The van der Waals surface area contributed by atoms with E-state index in [0.717, 1.165) is 0 Å². The van der Waals surface area contributed by atoms with Crippen molar-refractivity contribution < 1.29 is 9.18 Å². The summed E-state index contributed by atoms with van der Waals surface area (Å²) in [6, 6.07) is 6.12. The average molecular weight is 176 g/mol. The molecule has 0 aliphatic heterocycles. The molecule has 1 aromatic heterocycles. The van der Waals surface area contributed by atoms with Crippen LogP contribution in [0.15, 0.2) is 29.3 Å². The topological polar surface area (TPSA) is 45.2 Å². The lowest BCUT2D eigenvalue weighted by Gasteiger charge is -1.88. The molecule has 0 unspecified atom stereocenters. The third-order valence-electron chi connectivity index (χ3n) is 1.76. The van der Waals surface area contributed by atoms with Gasteiger partial charge in [-0.2, -0.15) is 0 Å². The molecule has 0 fully saturated rings. The smallest absolute Gasteiger partial charge is 0.242 e. The zero-order valence-corrected chi connectivity index (χ0v) is 6.54. The second-order valence-electron chi connectivity index (χ2n) is 2.56. The van der Waals surface area contributed by atoms with E-state index in [1.54, 1.807) is 12.1 Å². The van der Waals surface area contributed by atoms with Gasteiger partial charge < -0.3 is 4.98 Å². The molecule has 0 bridgehead atoms. The Hall–Kier alpha value is -1.93. The molecule has 0 amide bonds. The number of carbonyl (C=O) groups excluding carboxylic acids is 1. The molecular weight excluding hydrogens is 171 g/mol. The van der Waals surface area contributed by atoms with Gasteiger partial charge in [0.1, 0.15) is 11.6 Å². The predicted octanol–water partition coefficient (Wildman–Crippen LogP) is 2.27. The first-order valence-corrected chi connectivity index (χ1v) is 3.66. The van der Waals surface area contributed by atoms with Crippen LogP contribution >= 0.6 is 0 Å². The first kappa shape index (κ1) is 7.71. The Morgan fingerprint density at radius 3 is 3.00 bits per heavy atom. The second-order valence-corrected chi connectivity index (χ2v) is 2.56. The molecule has 4 heteroatoms. The van der Waals surface area contributed by atoms with Crippen LogP contribution in [-0.2, 0) is 4.79 Å². The third-order valence-corrected chi connectivity index (χ3v) is 1.76. The highest BCUT2D eigenvalue weighted by atomic mass is 19.1. The van der Waals surface area contributed by atoms with Crippen LogP contribution in [0, 0.1) is 5.82 Å². The van der Waals surface area contributed by atoms with Crippen molar-refractivity contribution in [1.29, 1.82) is 0 Å². The summed E-state index contributed by atoms with van der Waals surface area (Å²) in [6.45, 7) is 0. The summed E-state index contributed by atoms with van der Waals surface area (Å²) in [5, 5.41) is 0.427. The fourth-order valence-corrected chi connectivity index (χ4v) is 1.21. The Bertz CT molecular complexity index is 497. The number of halogens is 1. The van der Waals surface area contributed by atoms with Gasteiger partial charge in [0, 0.05) is 5.39 Å². The number of nitrogens with one attached hydrogen (secondary N) is 1. The summed E-state index contributed by atoms with van der Waals surface area (Å²) in [6.07, 6.45) is 1.39. The molecule has 2 rings (SSSR count). The third kappa shape index (κ3) is 1.23. The van der Waals surface area contributed by atoms with Crippen LogP contribution in [0.25, 0.3) is 10.9 Å². The molecule has 2 aromatic rings. The largest absolute Gasteiger partial charge is 0.339 e. The van der Waals surface area contributed by atoms with Gasteiger partial charge in [0.15, 0.2) is 0 Å². The number of aromatic nitrogens is 1. The maximum absolute atomic E-state index is 13.1. The molecule has 1 heterocycles. The normalized spacial score (nSPS) is 9.92. The number of hydrogen-bond donors (Lipinski definition) is 1. The Morgan fingerprint density at radius 2 is 2.31 bits per heavy atom. The van der Waals surface area contributed by atoms with Crippen LogP contribution < -0.4 is 0 Å². The Labute approximate surface area is 72.9 Å². The van der Waals surface area contributed by atoms with E-state index in [2.05, 4.69) is 9.98 Å². The van der Waals surface area contributed by atoms with Crippen LogP contribution in [0.4, 0.5) is 10.2 Å². The van der Waals surface area contributed by atoms with Crippen LogP contribution in [0.1, 0.15) is 0 Å². The van der Waals surface area contributed by atoms with Crippen LogP contribution in [0.5, 0.6) is 0 Å². The molecule has 3 nitrogen and oxygen atoms in total. The number of benzene rings is 1. The van der Waals surface area contributed by atoms with Gasteiger partial charge in [-0.15, -0.1) is 4.99 Å². The monoisotopic (exact) mass is 176 g/mol. The lowest BCUT2D eigenvalue weighted by molar-refractivity contribution is 0.565. The molecule has 0 radical (unpaired) electrons. The van der Waals surface area contributed by atoms with Gasteiger partial charge >= 0.3 is 0 Å². The Kier molecular flexibility index (Phi) is 1.69. The molecule has 0 aliphatic carbocycles. The number of isocyanates is 1. The molecule has 1 aromatic carbocycles. The molecule has 0 saturated carbocycles. The van der Waals surface area contributed by atoms with Crippen molar-refractivity contribution in [3.63, 3.8) is 0 Å². The van der Waals surface area contributed by atoms with Gasteiger partial charge in [-0.05, 0) is 18.2 Å². The minimum Gasteiger partial charge on any atom is -0.339 e. The Balaban J connectivity index is 2.75. The summed E-state index contributed by atoms with van der Waals surface area (Å²) in [5.41, 5.74) is 0.619. The van der Waals surface area contributed by atoms with E-state index in [-0.39, 0.29) is 5.82 Å². The minimum absolute atomic E-state index is 0.315. The van der Waals surface area contributed by atoms with E-state index < -0.39 is 0 Å². The number of H-pyrrole nitrogens is 1. The Morgan fingerprint density at radius 1 is 1.46 bits per heavy atom. The van der Waals surface area contributed by atoms with E-state index >= 15 is 0 Å². The molecular formula is C9H5FN2O.